The van der Waals surface area contributed by atoms with Crippen LogP contribution < -0.4 is 11.1 Å². The van der Waals surface area contributed by atoms with Crippen LogP contribution in [0, 0.1) is 0 Å². The normalized spacial score (nSPS) is 10.3. The topological polar surface area (TPSA) is 72.2 Å². The summed E-state index contributed by atoms with van der Waals surface area (Å²) in [5.74, 6) is 0.560. The van der Waals surface area contributed by atoms with Crippen molar-refractivity contribution in [2.75, 3.05) is 5.75 Å². The summed E-state index contributed by atoms with van der Waals surface area (Å²) in [4.78, 5) is 23.0. The Morgan fingerprint density at radius 2 is 1.83 bits per heavy atom. The molecule has 2 rings (SSSR count). The van der Waals surface area contributed by atoms with Crippen LogP contribution >= 0.6 is 23.4 Å². The molecule has 3 N–H and O–H groups in total. The third-order valence-corrected chi connectivity index (χ3v) is 4.33. The summed E-state index contributed by atoms with van der Waals surface area (Å²) in [6.07, 6.45) is 0. The van der Waals surface area contributed by atoms with E-state index in [0.717, 1.165) is 16.9 Å². The second-order valence-electron chi connectivity index (χ2n) is 4.96. The van der Waals surface area contributed by atoms with Gasteiger partial charge in [-0.1, -0.05) is 35.9 Å². The van der Waals surface area contributed by atoms with Crippen LogP contribution in [0.15, 0.2) is 48.5 Å². The quantitative estimate of drug-likeness (QED) is 0.808. The predicted molar refractivity (Wildman–Crippen MR) is 94.4 cm³/mol. The molecule has 0 spiro atoms. The molecule has 0 heterocycles. The van der Waals surface area contributed by atoms with Gasteiger partial charge in [0.25, 0.3) is 0 Å². The highest BCUT2D eigenvalue weighted by molar-refractivity contribution is 7.99. The molecule has 0 aliphatic carbocycles. The van der Waals surface area contributed by atoms with E-state index in [-0.39, 0.29) is 5.91 Å². The van der Waals surface area contributed by atoms with E-state index in [0.29, 0.717) is 22.9 Å². The number of benzene rings is 2. The van der Waals surface area contributed by atoms with Gasteiger partial charge in [-0.15, -0.1) is 11.8 Å². The molecule has 120 valence electrons. The number of hydrogen-bond donors (Lipinski definition) is 2. The fourth-order valence-corrected chi connectivity index (χ4v) is 2.99. The van der Waals surface area contributed by atoms with Gasteiger partial charge in [0.05, 0.1) is 5.75 Å². The van der Waals surface area contributed by atoms with Crippen molar-refractivity contribution in [3.63, 3.8) is 0 Å². The fraction of sp³-hybridized carbons (Fsp3) is 0.176. The van der Waals surface area contributed by atoms with Crippen molar-refractivity contribution in [2.45, 2.75) is 12.3 Å². The van der Waals surface area contributed by atoms with Crippen LogP contribution in [0.5, 0.6) is 0 Å². The average molecular weight is 349 g/mol. The lowest BCUT2D eigenvalue weighted by molar-refractivity contribution is -0.118. The summed E-state index contributed by atoms with van der Waals surface area (Å²) in [7, 11) is 0. The summed E-state index contributed by atoms with van der Waals surface area (Å²) in [6, 6.07) is 14.5. The highest BCUT2D eigenvalue weighted by Gasteiger charge is 2.05. The number of rotatable bonds is 7. The fourth-order valence-electron chi connectivity index (χ4n) is 1.97. The number of carbonyl (C=O) groups excluding carboxylic acids is 2. The number of thioether (sulfide) groups is 1. The van der Waals surface area contributed by atoms with Gasteiger partial charge < -0.3 is 11.1 Å². The number of nitrogens with one attached hydrogen (secondary N) is 1. The lowest BCUT2D eigenvalue weighted by atomic mass is 10.1. The molecular weight excluding hydrogens is 332 g/mol. The van der Waals surface area contributed by atoms with Crippen LogP contribution in [0.25, 0.3) is 0 Å². The van der Waals surface area contributed by atoms with E-state index in [1.807, 2.05) is 30.3 Å². The van der Waals surface area contributed by atoms with Crippen LogP contribution in [0.4, 0.5) is 0 Å². The average Bonchev–Trinajstić information content (AvgIpc) is 2.53. The number of amides is 2. The Kier molecular flexibility index (Phi) is 6.50. The number of halogens is 1. The molecule has 23 heavy (non-hydrogen) atoms. The highest BCUT2D eigenvalue weighted by Crippen LogP contribution is 2.16. The minimum Gasteiger partial charge on any atom is -0.366 e. The smallest absolute Gasteiger partial charge is 0.248 e. The summed E-state index contributed by atoms with van der Waals surface area (Å²) in [5.41, 5.74) is 7.60. The summed E-state index contributed by atoms with van der Waals surface area (Å²) in [6.45, 7) is 0.373. The van der Waals surface area contributed by atoms with Gasteiger partial charge >= 0.3 is 0 Å². The lowest BCUT2D eigenvalue weighted by Crippen LogP contribution is -2.24. The highest BCUT2D eigenvalue weighted by atomic mass is 35.5. The van der Waals surface area contributed by atoms with E-state index in [1.54, 1.807) is 18.2 Å². The summed E-state index contributed by atoms with van der Waals surface area (Å²) in [5, 5.41) is 3.52. The number of carbonyl (C=O) groups is 2. The van der Waals surface area contributed by atoms with Gasteiger partial charge in [0.2, 0.25) is 11.8 Å². The van der Waals surface area contributed by atoms with Crippen molar-refractivity contribution in [3.05, 3.63) is 70.2 Å². The Bertz CT molecular complexity index is 706. The first-order chi connectivity index (χ1) is 11.0. The molecular formula is C17H17ClN2O2S. The lowest BCUT2D eigenvalue weighted by Gasteiger charge is -2.06. The molecule has 2 amide bonds. The van der Waals surface area contributed by atoms with Gasteiger partial charge in [-0.25, -0.2) is 0 Å². The number of primary amides is 1. The molecule has 0 atom stereocenters. The maximum absolute atomic E-state index is 11.8. The second kappa shape index (κ2) is 8.60. The molecule has 0 unspecified atom stereocenters. The zero-order valence-corrected chi connectivity index (χ0v) is 14.0. The van der Waals surface area contributed by atoms with Gasteiger partial charge in [-0.3, -0.25) is 9.59 Å². The van der Waals surface area contributed by atoms with Gasteiger partial charge in [0.1, 0.15) is 0 Å². The van der Waals surface area contributed by atoms with Gasteiger partial charge in [-0.2, -0.15) is 0 Å². The molecule has 2 aromatic carbocycles. The molecule has 6 heteroatoms. The van der Waals surface area contributed by atoms with Gasteiger partial charge in [0.15, 0.2) is 0 Å². The van der Waals surface area contributed by atoms with E-state index in [1.165, 1.54) is 11.8 Å². The Labute approximate surface area is 144 Å². The summed E-state index contributed by atoms with van der Waals surface area (Å²) >= 11 is 7.44. The van der Waals surface area contributed by atoms with Crippen LogP contribution in [0.3, 0.4) is 0 Å². The molecule has 2 aromatic rings. The Morgan fingerprint density at radius 3 is 2.57 bits per heavy atom. The van der Waals surface area contributed by atoms with Crippen LogP contribution in [0.1, 0.15) is 21.5 Å². The maximum atomic E-state index is 11.8. The SMILES string of the molecule is NC(=O)c1cccc(CNC(=O)CSCc2cccc(Cl)c2)c1. The first-order valence-electron chi connectivity index (χ1n) is 7.02. The zero-order chi connectivity index (χ0) is 16.7. The molecule has 0 aliphatic heterocycles. The van der Waals surface area contributed by atoms with Crippen molar-refractivity contribution in [1.82, 2.24) is 5.32 Å². The monoisotopic (exact) mass is 348 g/mol. The van der Waals surface area contributed by atoms with Crippen LogP contribution in [0.2, 0.25) is 5.02 Å². The van der Waals surface area contributed by atoms with E-state index in [4.69, 9.17) is 17.3 Å². The van der Waals surface area contributed by atoms with E-state index in [9.17, 15) is 9.59 Å². The third-order valence-electron chi connectivity index (χ3n) is 3.09. The maximum Gasteiger partial charge on any atom is 0.248 e. The van der Waals surface area contributed by atoms with Crippen molar-refractivity contribution in [1.29, 1.82) is 0 Å². The number of nitrogens with two attached hydrogens (primary N) is 1. The predicted octanol–water partition coefficient (Wildman–Crippen LogP) is 2.99. The molecule has 0 saturated heterocycles. The molecule has 4 nitrogen and oxygen atoms in total. The van der Waals surface area contributed by atoms with Crippen molar-refractivity contribution in [3.8, 4) is 0 Å². The largest absolute Gasteiger partial charge is 0.366 e. The molecule has 0 saturated carbocycles. The zero-order valence-electron chi connectivity index (χ0n) is 12.4. The van der Waals surface area contributed by atoms with Crippen LogP contribution in [-0.4, -0.2) is 17.6 Å². The van der Waals surface area contributed by atoms with Crippen molar-refractivity contribution < 1.29 is 9.59 Å². The minimum absolute atomic E-state index is 0.0542. The molecule has 0 bridgehead atoms. The van der Waals surface area contributed by atoms with Crippen molar-refractivity contribution in [2.24, 2.45) is 5.73 Å². The standard InChI is InChI=1S/C17H17ClN2O2S/c18-15-6-2-4-13(8-15)10-23-11-16(21)20-9-12-3-1-5-14(7-12)17(19)22/h1-8H,9-11H2,(H2,19,22)(H,20,21). The molecule has 0 aliphatic rings. The second-order valence-corrected chi connectivity index (χ2v) is 6.39. The van der Waals surface area contributed by atoms with E-state index < -0.39 is 5.91 Å². The third kappa shape index (κ3) is 5.96. The Balaban J connectivity index is 1.75. The van der Waals surface area contributed by atoms with Gasteiger partial charge in [0, 0.05) is 22.9 Å². The van der Waals surface area contributed by atoms with Crippen LogP contribution in [-0.2, 0) is 17.1 Å². The van der Waals surface area contributed by atoms with Crippen molar-refractivity contribution >= 4 is 35.2 Å². The number of hydrogen-bond acceptors (Lipinski definition) is 3. The Morgan fingerprint density at radius 1 is 1.09 bits per heavy atom. The minimum atomic E-state index is -0.477. The first kappa shape index (κ1) is 17.4. The Hall–Kier alpha value is -1.98. The molecule has 0 radical (unpaired) electrons. The molecule has 0 fully saturated rings. The van der Waals surface area contributed by atoms with E-state index in [2.05, 4.69) is 5.32 Å². The summed E-state index contributed by atoms with van der Waals surface area (Å²) < 4.78 is 0. The first-order valence-corrected chi connectivity index (χ1v) is 8.55. The van der Waals surface area contributed by atoms with Gasteiger partial charge in [-0.05, 0) is 35.4 Å². The molecule has 0 aromatic heterocycles. The van der Waals surface area contributed by atoms with E-state index >= 15 is 0 Å².